The van der Waals surface area contributed by atoms with Crippen LogP contribution >= 0.6 is 27.3 Å². The van der Waals surface area contributed by atoms with E-state index in [2.05, 4.69) is 25.9 Å². The molecule has 0 bridgehead atoms. The second-order valence-electron chi connectivity index (χ2n) is 2.66. The summed E-state index contributed by atoms with van der Waals surface area (Å²) in [6, 6.07) is 2.00. The van der Waals surface area contributed by atoms with Crippen LogP contribution in [0.5, 0.6) is 0 Å². The lowest BCUT2D eigenvalue weighted by molar-refractivity contribution is 1.15. The highest BCUT2D eigenvalue weighted by Crippen LogP contribution is 2.27. The van der Waals surface area contributed by atoms with Gasteiger partial charge in [-0.15, -0.1) is 11.3 Å². The van der Waals surface area contributed by atoms with E-state index in [1.165, 1.54) is 4.70 Å². The number of rotatable bonds is 0. The van der Waals surface area contributed by atoms with Gasteiger partial charge in [0.25, 0.3) is 0 Å². The molecule has 0 aliphatic carbocycles. The molecule has 0 spiro atoms. The van der Waals surface area contributed by atoms with Gasteiger partial charge in [0.05, 0.1) is 15.9 Å². The van der Waals surface area contributed by atoms with Crippen LogP contribution in [0, 0.1) is 13.8 Å². The van der Waals surface area contributed by atoms with Crippen LogP contribution in [-0.4, -0.2) is 9.97 Å². The van der Waals surface area contributed by atoms with Crippen LogP contribution in [0.3, 0.4) is 0 Å². The van der Waals surface area contributed by atoms with Crippen molar-refractivity contribution >= 4 is 37.5 Å². The highest BCUT2D eigenvalue weighted by atomic mass is 79.9. The third-order valence-corrected chi connectivity index (χ3v) is 3.28. The molecule has 0 aromatic carbocycles. The van der Waals surface area contributed by atoms with Gasteiger partial charge >= 0.3 is 0 Å². The SMILES string of the molecule is Cc1cc2nc(Br)sc2c(C)n1. The molecule has 0 unspecified atom stereocenters. The summed E-state index contributed by atoms with van der Waals surface area (Å²) in [7, 11) is 0. The molecule has 0 fully saturated rings. The molecule has 2 nitrogen and oxygen atoms in total. The Morgan fingerprint density at radius 2 is 2.08 bits per heavy atom. The Bertz CT molecular complexity index is 436. The highest BCUT2D eigenvalue weighted by Gasteiger charge is 2.05. The molecule has 0 radical (unpaired) electrons. The summed E-state index contributed by atoms with van der Waals surface area (Å²) in [5.41, 5.74) is 3.13. The van der Waals surface area contributed by atoms with Crippen molar-refractivity contribution in [2.45, 2.75) is 13.8 Å². The van der Waals surface area contributed by atoms with Gasteiger partial charge in [-0.05, 0) is 35.8 Å². The molecule has 0 saturated heterocycles. The minimum atomic E-state index is 0.924. The molecule has 2 heterocycles. The number of hydrogen-bond donors (Lipinski definition) is 0. The van der Waals surface area contributed by atoms with Gasteiger partial charge in [0.15, 0.2) is 3.92 Å². The molecule has 0 N–H and O–H groups in total. The Kier molecular flexibility index (Phi) is 1.88. The highest BCUT2D eigenvalue weighted by molar-refractivity contribution is 9.11. The molecule has 0 atom stereocenters. The summed E-state index contributed by atoms with van der Waals surface area (Å²) in [5, 5.41) is 0. The van der Waals surface area contributed by atoms with E-state index < -0.39 is 0 Å². The molecule has 0 saturated carbocycles. The fourth-order valence-corrected chi connectivity index (χ4v) is 2.60. The predicted molar refractivity (Wildman–Crippen MR) is 54.6 cm³/mol. The van der Waals surface area contributed by atoms with Crippen molar-refractivity contribution in [3.63, 3.8) is 0 Å². The summed E-state index contributed by atoms with van der Waals surface area (Å²) >= 11 is 4.99. The van der Waals surface area contributed by atoms with Crippen LogP contribution in [0.25, 0.3) is 10.2 Å². The Balaban J connectivity index is 2.88. The van der Waals surface area contributed by atoms with Crippen molar-refractivity contribution in [3.8, 4) is 0 Å². The van der Waals surface area contributed by atoms with Gasteiger partial charge in [-0.25, -0.2) is 4.98 Å². The van der Waals surface area contributed by atoms with Crippen LogP contribution < -0.4 is 0 Å². The maximum atomic E-state index is 4.36. The summed E-state index contributed by atoms with van der Waals surface area (Å²) < 4.78 is 2.10. The van der Waals surface area contributed by atoms with E-state index in [-0.39, 0.29) is 0 Å². The maximum Gasteiger partial charge on any atom is 0.160 e. The van der Waals surface area contributed by atoms with Gasteiger partial charge < -0.3 is 0 Å². The van der Waals surface area contributed by atoms with E-state index in [4.69, 9.17) is 0 Å². The van der Waals surface area contributed by atoms with Gasteiger partial charge in [-0.3, -0.25) is 4.98 Å². The van der Waals surface area contributed by atoms with E-state index in [1.54, 1.807) is 11.3 Å². The lowest BCUT2D eigenvalue weighted by atomic mass is 10.3. The predicted octanol–water partition coefficient (Wildman–Crippen LogP) is 3.07. The summed E-state index contributed by atoms with van der Waals surface area (Å²) in [5.74, 6) is 0. The lowest BCUT2D eigenvalue weighted by Crippen LogP contribution is -1.84. The minimum absolute atomic E-state index is 0.924. The zero-order valence-corrected chi connectivity index (χ0v) is 9.16. The van der Waals surface area contributed by atoms with Crippen LogP contribution in [0.4, 0.5) is 0 Å². The molecule has 0 amide bonds. The fourth-order valence-electron chi connectivity index (χ4n) is 1.21. The largest absolute Gasteiger partial charge is 0.257 e. The van der Waals surface area contributed by atoms with E-state index in [0.29, 0.717) is 0 Å². The van der Waals surface area contributed by atoms with E-state index in [0.717, 1.165) is 20.8 Å². The first kappa shape index (κ1) is 8.13. The molecule has 4 heteroatoms. The molecule has 62 valence electrons. The van der Waals surface area contributed by atoms with Crippen LogP contribution in [0.2, 0.25) is 0 Å². The standard InChI is InChI=1S/C8H7BrN2S/c1-4-3-6-7(5(2)10-4)12-8(9)11-6/h3H,1-2H3. The molecular formula is C8H7BrN2S. The van der Waals surface area contributed by atoms with E-state index in [1.807, 2.05) is 19.9 Å². The molecule has 2 aromatic heterocycles. The zero-order valence-electron chi connectivity index (χ0n) is 6.76. The summed E-state index contributed by atoms with van der Waals surface area (Å²) in [6.45, 7) is 4.00. The number of fused-ring (bicyclic) bond motifs is 1. The average molecular weight is 243 g/mol. The second-order valence-corrected chi connectivity index (χ2v) is 4.94. The average Bonchev–Trinajstić information content (AvgIpc) is 2.29. The first-order valence-corrected chi connectivity index (χ1v) is 5.18. The molecular weight excluding hydrogens is 236 g/mol. The number of aryl methyl sites for hydroxylation is 2. The smallest absolute Gasteiger partial charge is 0.160 e. The van der Waals surface area contributed by atoms with Crippen molar-refractivity contribution in [1.82, 2.24) is 9.97 Å². The van der Waals surface area contributed by atoms with Crippen molar-refractivity contribution in [2.75, 3.05) is 0 Å². The molecule has 0 aliphatic heterocycles. The number of nitrogens with zero attached hydrogens (tertiary/aromatic N) is 2. The minimum Gasteiger partial charge on any atom is -0.257 e. The Morgan fingerprint density at radius 3 is 2.83 bits per heavy atom. The Morgan fingerprint density at radius 1 is 1.33 bits per heavy atom. The summed E-state index contributed by atoms with van der Waals surface area (Å²) in [4.78, 5) is 8.69. The normalized spacial score (nSPS) is 10.9. The summed E-state index contributed by atoms with van der Waals surface area (Å²) in [6.07, 6.45) is 0. The van der Waals surface area contributed by atoms with Crippen LogP contribution in [-0.2, 0) is 0 Å². The van der Waals surface area contributed by atoms with Crippen molar-refractivity contribution in [2.24, 2.45) is 0 Å². The number of hydrogen-bond acceptors (Lipinski definition) is 3. The van der Waals surface area contributed by atoms with E-state index in [9.17, 15) is 0 Å². The number of thiazole rings is 1. The van der Waals surface area contributed by atoms with E-state index >= 15 is 0 Å². The molecule has 0 aliphatic rings. The quantitative estimate of drug-likeness (QED) is 0.710. The van der Waals surface area contributed by atoms with Gasteiger partial charge in [0, 0.05) is 5.69 Å². The monoisotopic (exact) mass is 242 g/mol. The topological polar surface area (TPSA) is 25.8 Å². The number of halogens is 1. The molecule has 2 rings (SSSR count). The van der Waals surface area contributed by atoms with Crippen molar-refractivity contribution < 1.29 is 0 Å². The fraction of sp³-hybridized carbons (Fsp3) is 0.250. The third-order valence-electron chi connectivity index (χ3n) is 1.65. The zero-order chi connectivity index (χ0) is 8.72. The number of aromatic nitrogens is 2. The van der Waals surface area contributed by atoms with Gasteiger partial charge in [-0.2, -0.15) is 0 Å². The van der Waals surface area contributed by atoms with Crippen LogP contribution in [0.1, 0.15) is 11.4 Å². The Labute approximate surface area is 82.8 Å². The molecule has 12 heavy (non-hydrogen) atoms. The van der Waals surface area contributed by atoms with Crippen molar-refractivity contribution in [3.05, 3.63) is 21.4 Å². The lowest BCUT2D eigenvalue weighted by Gasteiger charge is -1.94. The van der Waals surface area contributed by atoms with Gasteiger partial charge in [0.1, 0.15) is 0 Å². The molecule has 2 aromatic rings. The van der Waals surface area contributed by atoms with Gasteiger partial charge in [0.2, 0.25) is 0 Å². The Hall–Kier alpha value is -0.480. The van der Waals surface area contributed by atoms with Crippen LogP contribution in [0.15, 0.2) is 9.98 Å². The third kappa shape index (κ3) is 1.25. The maximum absolute atomic E-state index is 4.36. The van der Waals surface area contributed by atoms with Gasteiger partial charge in [-0.1, -0.05) is 0 Å². The first-order chi connectivity index (χ1) is 5.66. The second kappa shape index (κ2) is 2.78. The first-order valence-electron chi connectivity index (χ1n) is 3.57. The number of pyridine rings is 1. The van der Waals surface area contributed by atoms with Crippen molar-refractivity contribution in [1.29, 1.82) is 0 Å².